The summed E-state index contributed by atoms with van der Waals surface area (Å²) in [6.45, 7) is 1.64. The van der Waals surface area contributed by atoms with E-state index in [-0.39, 0.29) is 23.8 Å². The summed E-state index contributed by atoms with van der Waals surface area (Å²) in [6.07, 6.45) is 0.968. The van der Waals surface area contributed by atoms with Gasteiger partial charge in [0, 0.05) is 14.1 Å². The van der Waals surface area contributed by atoms with Gasteiger partial charge in [-0.3, -0.25) is 9.59 Å². The van der Waals surface area contributed by atoms with Crippen LogP contribution in [-0.2, 0) is 9.59 Å². The van der Waals surface area contributed by atoms with Gasteiger partial charge in [-0.05, 0) is 18.6 Å². The Hall–Kier alpha value is -2.57. The lowest BCUT2D eigenvalue weighted by Gasteiger charge is -2.16. The molecule has 2 amide bonds. The quantitative estimate of drug-likeness (QED) is 0.748. The lowest BCUT2D eigenvalue weighted by Crippen LogP contribution is -2.40. The van der Waals surface area contributed by atoms with E-state index in [9.17, 15) is 14.4 Å². The average molecular weight is 322 g/mol. The van der Waals surface area contributed by atoms with Crippen LogP contribution in [0.2, 0.25) is 0 Å². The third kappa shape index (κ3) is 5.61. The Bertz CT molecular complexity index is 571. The highest BCUT2D eigenvalue weighted by Gasteiger charge is 2.21. The summed E-state index contributed by atoms with van der Waals surface area (Å²) < 4.78 is 5.38. The van der Waals surface area contributed by atoms with E-state index in [1.54, 1.807) is 32.3 Å². The van der Waals surface area contributed by atoms with Crippen molar-refractivity contribution in [2.45, 2.75) is 25.8 Å². The van der Waals surface area contributed by atoms with Crippen molar-refractivity contribution in [3.63, 3.8) is 0 Å². The summed E-state index contributed by atoms with van der Waals surface area (Å²) in [5, 5.41) is 11.6. The Kier molecular flexibility index (Phi) is 7.05. The van der Waals surface area contributed by atoms with Crippen LogP contribution in [0.4, 0.5) is 0 Å². The van der Waals surface area contributed by atoms with Crippen LogP contribution in [0.3, 0.4) is 0 Å². The number of para-hydroxylation sites is 1. The topological polar surface area (TPSA) is 95.9 Å². The molecular weight excluding hydrogens is 300 g/mol. The molecule has 0 aromatic heterocycles. The molecule has 0 fully saturated rings. The third-order valence-corrected chi connectivity index (χ3v) is 3.16. The van der Waals surface area contributed by atoms with Crippen molar-refractivity contribution in [2.75, 3.05) is 20.7 Å². The first-order valence-corrected chi connectivity index (χ1v) is 7.32. The number of aliphatic carboxylic acids is 1. The first-order valence-electron chi connectivity index (χ1n) is 7.32. The Morgan fingerprint density at radius 1 is 1.26 bits per heavy atom. The van der Waals surface area contributed by atoms with Gasteiger partial charge in [-0.2, -0.15) is 0 Å². The lowest BCUT2D eigenvalue weighted by atomic mass is 10.1. The van der Waals surface area contributed by atoms with Crippen molar-refractivity contribution in [1.29, 1.82) is 0 Å². The van der Waals surface area contributed by atoms with Crippen LogP contribution >= 0.6 is 0 Å². The van der Waals surface area contributed by atoms with E-state index < -0.39 is 17.9 Å². The summed E-state index contributed by atoms with van der Waals surface area (Å²) in [6, 6.07) is 5.45. The van der Waals surface area contributed by atoms with Gasteiger partial charge in [-0.25, -0.2) is 4.79 Å². The number of carbonyl (C=O) groups excluding carboxylic acids is 2. The fraction of sp³-hybridized carbons (Fsp3) is 0.438. The summed E-state index contributed by atoms with van der Waals surface area (Å²) in [7, 11) is 3.21. The molecular formula is C16H22N2O5. The van der Waals surface area contributed by atoms with Gasteiger partial charge in [0.15, 0.2) is 6.61 Å². The predicted molar refractivity (Wildman–Crippen MR) is 84.4 cm³/mol. The molecule has 1 aromatic rings. The molecule has 0 aliphatic rings. The minimum Gasteiger partial charge on any atom is -0.483 e. The summed E-state index contributed by atoms with van der Waals surface area (Å²) >= 11 is 0. The standard InChI is InChI=1S/C16H22N2O5/c1-4-7-12(16(21)22)17-15(20)11-8-5-6-9-13(11)23-10-14(19)18(2)3/h5-6,8-9,12H,4,7,10H2,1-3H3,(H,17,20)(H,21,22). The van der Waals surface area contributed by atoms with Crippen LogP contribution in [0.15, 0.2) is 24.3 Å². The van der Waals surface area contributed by atoms with Gasteiger partial charge >= 0.3 is 5.97 Å². The molecule has 1 atom stereocenters. The van der Waals surface area contributed by atoms with Gasteiger partial charge in [0.1, 0.15) is 11.8 Å². The van der Waals surface area contributed by atoms with E-state index >= 15 is 0 Å². The highest BCUT2D eigenvalue weighted by Crippen LogP contribution is 2.18. The van der Waals surface area contributed by atoms with Gasteiger partial charge in [0.2, 0.25) is 0 Å². The first kappa shape index (κ1) is 18.5. The first-order chi connectivity index (χ1) is 10.9. The average Bonchev–Trinajstić information content (AvgIpc) is 2.52. The second kappa shape index (κ2) is 8.77. The molecule has 0 saturated carbocycles. The van der Waals surface area contributed by atoms with Gasteiger partial charge in [0.05, 0.1) is 5.56 Å². The largest absolute Gasteiger partial charge is 0.483 e. The highest BCUT2D eigenvalue weighted by molar-refractivity contribution is 5.99. The van der Waals surface area contributed by atoms with Crippen LogP contribution in [0, 0.1) is 0 Å². The van der Waals surface area contributed by atoms with E-state index in [1.807, 2.05) is 6.92 Å². The molecule has 7 heteroatoms. The fourth-order valence-electron chi connectivity index (χ4n) is 1.83. The van der Waals surface area contributed by atoms with Crippen LogP contribution in [0.1, 0.15) is 30.1 Å². The molecule has 1 rings (SSSR count). The number of nitrogens with zero attached hydrogens (tertiary/aromatic N) is 1. The van der Waals surface area contributed by atoms with E-state index in [1.165, 1.54) is 11.0 Å². The number of nitrogens with one attached hydrogen (secondary N) is 1. The number of carboxylic acids is 1. The minimum absolute atomic E-state index is 0.196. The van der Waals surface area contributed by atoms with E-state index in [0.717, 1.165) is 0 Å². The second-order valence-corrected chi connectivity index (χ2v) is 5.23. The molecule has 0 radical (unpaired) electrons. The molecule has 0 aliphatic carbocycles. The Morgan fingerprint density at radius 2 is 1.91 bits per heavy atom. The number of likely N-dealkylation sites (N-methyl/N-ethyl adjacent to an activating group) is 1. The Morgan fingerprint density at radius 3 is 2.48 bits per heavy atom. The molecule has 126 valence electrons. The lowest BCUT2D eigenvalue weighted by molar-refractivity contribution is -0.139. The molecule has 0 heterocycles. The number of carboxylic acid groups (broad SMARTS) is 1. The van der Waals surface area contributed by atoms with Crippen LogP contribution in [0.25, 0.3) is 0 Å². The fourth-order valence-corrected chi connectivity index (χ4v) is 1.83. The van der Waals surface area contributed by atoms with Gasteiger partial charge in [-0.1, -0.05) is 25.5 Å². The van der Waals surface area contributed by atoms with Crippen LogP contribution in [-0.4, -0.2) is 54.5 Å². The van der Waals surface area contributed by atoms with Gasteiger partial charge in [0.25, 0.3) is 11.8 Å². The van der Waals surface area contributed by atoms with Crippen LogP contribution < -0.4 is 10.1 Å². The van der Waals surface area contributed by atoms with E-state index in [2.05, 4.69) is 5.32 Å². The summed E-state index contributed by atoms with van der Waals surface area (Å²) in [4.78, 5) is 36.4. The Labute approximate surface area is 135 Å². The molecule has 0 bridgehead atoms. The monoisotopic (exact) mass is 322 g/mol. The molecule has 2 N–H and O–H groups in total. The van der Waals surface area contributed by atoms with Crippen molar-refractivity contribution < 1.29 is 24.2 Å². The molecule has 1 aromatic carbocycles. The predicted octanol–water partition coefficient (Wildman–Crippen LogP) is 1.14. The van der Waals surface area contributed by atoms with E-state index in [4.69, 9.17) is 9.84 Å². The molecule has 0 aliphatic heterocycles. The van der Waals surface area contributed by atoms with Crippen LogP contribution in [0.5, 0.6) is 5.75 Å². The summed E-state index contributed by atoms with van der Waals surface area (Å²) in [5.41, 5.74) is 0.196. The summed E-state index contributed by atoms with van der Waals surface area (Å²) in [5.74, 6) is -1.63. The number of amides is 2. The maximum Gasteiger partial charge on any atom is 0.326 e. The Balaban J connectivity index is 2.84. The zero-order valence-electron chi connectivity index (χ0n) is 13.5. The molecule has 7 nitrogen and oxygen atoms in total. The number of hydrogen-bond acceptors (Lipinski definition) is 4. The number of carbonyl (C=O) groups is 3. The molecule has 1 unspecified atom stereocenters. The number of benzene rings is 1. The number of hydrogen-bond donors (Lipinski definition) is 2. The SMILES string of the molecule is CCCC(NC(=O)c1ccccc1OCC(=O)N(C)C)C(=O)O. The van der Waals surface area contributed by atoms with Gasteiger partial charge < -0.3 is 20.1 Å². The zero-order valence-corrected chi connectivity index (χ0v) is 13.5. The second-order valence-electron chi connectivity index (χ2n) is 5.23. The molecule has 0 saturated heterocycles. The van der Waals surface area contributed by atoms with E-state index in [0.29, 0.717) is 12.8 Å². The smallest absolute Gasteiger partial charge is 0.326 e. The van der Waals surface area contributed by atoms with Gasteiger partial charge in [-0.15, -0.1) is 0 Å². The zero-order chi connectivity index (χ0) is 17.4. The maximum atomic E-state index is 12.3. The van der Waals surface area contributed by atoms with Crippen molar-refractivity contribution in [1.82, 2.24) is 10.2 Å². The minimum atomic E-state index is -1.08. The van der Waals surface area contributed by atoms with Crippen molar-refractivity contribution in [3.05, 3.63) is 29.8 Å². The highest BCUT2D eigenvalue weighted by atomic mass is 16.5. The maximum absolute atomic E-state index is 12.3. The van der Waals surface area contributed by atoms with Crippen molar-refractivity contribution >= 4 is 17.8 Å². The molecule has 0 spiro atoms. The number of rotatable bonds is 8. The molecule has 23 heavy (non-hydrogen) atoms. The normalized spacial score (nSPS) is 11.4. The third-order valence-electron chi connectivity index (χ3n) is 3.16. The number of ether oxygens (including phenoxy) is 1. The van der Waals surface area contributed by atoms with Crippen molar-refractivity contribution in [2.24, 2.45) is 0 Å². The van der Waals surface area contributed by atoms with Crippen molar-refractivity contribution in [3.8, 4) is 5.75 Å².